The quantitative estimate of drug-likeness (QED) is 0.571. The van der Waals surface area contributed by atoms with Crippen molar-refractivity contribution in [2.45, 2.75) is 16.7 Å². The molecule has 0 aliphatic heterocycles. The van der Waals surface area contributed by atoms with E-state index in [9.17, 15) is 18.0 Å². The second-order valence-corrected chi connectivity index (χ2v) is 5.12. The minimum absolute atomic E-state index is 0.263. The number of rotatable bonds is 6. The van der Waals surface area contributed by atoms with Crippen LogP contribution in [0.5, 0.6) is 0 Å². The topological polar surface area (TPSA) is 170 Å². The van der Waals surface area contributed by atoms with Crippen molar-refractivity contribution >= 4 is 34.1 Å². The van der Waals surface area contributed by atoms with Gasteiger partial charge in [-0.05, 0) is 0 Å². The fraction of sp³-hybridized carbons (Fsp3) is 0.143. The number of carbonyl (C=O) groups excluding carboxylic acids is 2. The Balaban J connectivity index is 1.81. The number of aromatic amines is 2. The number of hydrogen-bond donors (Lipinski definition) is 2. The molecule has 0 spiro atoms. The third kappa shape index (κ3) is 4.25. The van der Waals surface area contributed by atoms with Crippen LogP contribution in [0.25, 0.3) is 0 Å². The molecule has 2 unspecified atom stereocenters. The molecule has 2 heterocycles. The van der Waals surface area contributed by atoms with Crippen molar-refractivity contribution in [3.63, 3.8) is 0 Å². The summed E-state index contributed by atoms with van der Waals surface area (Å²) in [5.41, 5.74) is 0. The number of aromatic nitrogens is 6. The van der Waals surface area contributed by atoms with Crippen LogP contribution in [0.4, 0.5) is 0 Å². The highest BCUT2D eigenvalue weighted by molar-refractivity contribution is 7.80. The van der Waals surface area contributed by atoms with Crippen LogP contribution in [0.1, 0.15) is 6.42 Å². The first-order valence-electron chi connectivity index (χ1n) is 5.03. The lowest BCUT2D eigenvalue weighted by Crippen LogP contribution is -2.17. The van der Waals surface area contributed by atoms with Crippen LogP contribution >= 0.6 is 0 Å². The normalized spacial score (nSPS) is 13.3. The average Bonchev–Trinajstić information content (AvgIpc) is 3.12. The number of carbonyl (C=O) groups is 2. The molecule has 0 radical (unpaired) electrons. The maximum atomic E-state index is 11.4. The second-order valence-electron chi connectivity index (χ2n) is 3.12. The van der Waals surface area contributed by atoms with E-state index >= 15 is 0 Å². The molecular weight excluding hydrogens is 328 g/mol. The fourth-order valence-electron chi connectivity index (χ4n) is 0.975. The van der Waals surface area contributed by atoms with Crippen LogP contribution in [0.3, 0.4) is 0 Å². The molecule has 2 aromatic heterocycles. The van der Waals surface area contributed by atoms with Gasteiger partial charge in [-0.25, -0.2) is 18.4 Å². The van der Waals surface area contributed by atoms with Gasteiger partial charge in [-0.15, -0.1) is 10.2 Å². The fourth-order valence-corrected chi connectivity index (χ4v) is 2.11. The Morgan fingerprint density at radius 3 is 1.71 bits per heavy atom. The Bertz CT molecular complexity index is 612. The van der Waals surface area contributed by atoms with E-state index in [-0.39, 0.29) is 10.3 Å². The zero-order valence-electron chi connectivity index (χ0n) is 9.92. The highest BCUT2D eigenvalue weighted by Gasteiger charge is 2.21. The Hall–Kier alpha value is -2.48. The van der Waals surface area contributed by atoms with Crippen molar-refractivity contribution in [2.75, 3.05) is 0 Å². The van der Waals surface area contributed by atoms with Crippen LogP contribution in [-0.4, -0.2) is 50.7 Å². The maximum absolute atomic E-state index is 11.4. The molecule has 21 heavy (non-hydrogen) atoms. The third-order valence-corrected chi connectivity index (χ3v) is 3.37. The Kier molecular flexibility index (Phi) is 4.83. The Morgan fingerprint density at radius 2 is 1.38 bits per heavy atom. The smallest absolute Gasteiger partial charge is 0.331 e. The number of hydrogen-bond acceptors (Lipinski definition) is 10. The summed E-state index contributed by atoms with van der Waals surface area (Å²) in [6, 6.07) is 0. The first-order valence-corrected chi connectivity index (χ1v) is 7.18. The monoisotopic (exact) mass is 334 g/mol. The van der Waals surface area contributed by atoms with Crippen LogP contribution in [0.2, 0.25) is 0 Å². The summed E-state index contributed by atoms with van der Waals surface area (Å²) < 4.78 is 31.6. The molecule has 12 nitrogen and oxygen atoms in total. The summed E-state index contributed by atoms with van der Waals surface area (Å²) in [5.74, 6) is -2.31. The van der Waals surface area contributed by atoms with Gasteiger partial charge in [0.25, 0.3) is 32.5 Å². The molecule has 2 N–H and O–H groups in total. The molecule has 2 rings (SSSR count). The Labute approximate surface area is 121 Å². The van der Waals surface area contributed by atoms with Crippen LogP contribution in [-0.2, 0) is 40.1 Å². The number of H-pyrrole nitrogens is 2. The zero-order chi connectivity index (χ0) is 15.2. The summed E-state index contributed by atoms with van der Waals surface area (Å²) in [7, 11) is 0. The predicted octanol–water partition coefficient (Wildman–Crippen LogP) is -1.86. The molecule has 0 amide bonds. The Morgan fingerprint density at radius 1 is 0.952 bits per heavy atom. The van der Waals surface area contributed by atoms with Gasteiger partial charge in [0.2, 0.25) is 0 Å². The lowest BCUT2D eigenvalue weighted by molar-refractivity contribution is -0.143. The van der Waals surface area contributed by atoms with Crippen molar-refractivity contribution in [3.8, 4) is 0 Å². The molecule has 0 fully saturated rings. The van der Waals surface area contributed by atoms with Gasteiger partial charge in [0.15, 0.2) is 0 Å². The molecule has 2 aromatic rings. The van der Waals surface area contributed by atoms with E-state index in [0.29, 0.717) is 0 Å². The maximum Gasteiger partial charge on any atom is 0.331 e. The lowest BCUT2D eigenvalue weighted by Gasteiger charge is -2.00. The molecule has 0 aliphatic carbocycles. The molecule has 0 aromatic carbocycles. The van der Waals surface area contributed by atoms with E-state index in [2.05, 4.69) is 38.7 Å². The van der Waals surface area contributed by atoms with Crippen LogP contribution in [0.15, 0.2) is 23.0 Å². The van der Waals surface area contributed by atoms with Crippen molar-refractivity contribution in [3.05, 3.63) is 12.7 Å². The van der Waals surface area contributed by atoms with Gasteiger partial charge in [-0.3, -0.25) is 19.8 Å². The van der Waals surface area contributed by atoms with Crippen LogP contribution < -0.4 is 0 Å². The molecule has 0 bridgehead atoms. The third-order valence-electron chi connectivity index (χ3n) is 1.71. The van der Waals surface area contributed by atoms with E-state index in [1.807, 2.05) is 0 Å². The number of nitrogens with one attached hydrogen (secondary N) is 2. The minimum Gasteiger partial charge on any atom is -0.358 e. The predicted molar refractivity (Wildman–Crippen MR) is 62.4 cm³/mol. The largest absolute Gasteiger partial charge is 0.358 e. The lowest BCUT2D eigenvalue weighted by atomic mass is 10.5. The van der Waals surface area contributed by atoms with Crippen molar-refractivity contribution < 1.29 is 26.4 Å². The van der Waals surface area contributed by atoms with E-state index in [1.165, 1.54) is 0 Å². The van der Waals surface area contributed by atoms with Crippen LogP contribution in [0, 0.1) is 0 Å². The summed E-state index contributed by atoms with van der Waals surface area (Å²) >= 11 is -4.51. The van der Waals surface area contributed by atoms with Gasteiger partial charge in [0.05, 0.1) is 0 Å². The summed E-state index contributed by atoms with van der Waals surface area (Å²) in [6.07, 6.45) is 1.37. The number of nitrogens with zero attached hydrogens (tertiary/aromatic N) is 4. The molecular formula is C7H6N6O6S2. The van der Waals surface area contributed by atoms with Gasteiger partial charge < -0.3 is 8.37 Å². The van der Waals surface area contributed by atoms with Gasteiger partial charge in [0, 0.05) is 0 Å². The molecule has 0 aliphatic rings. The SMILES string of the molecule is O=C(CC(=O)OS(=O)c1nc[nH]n1)OS(=O)c1nc[nH]n1. The molecule has 2 atom stereocenters. The van der Waals surface area contributed by atoms with Gasteiger partial charge in [0.1, 0.15) is 19.1 Å². The van der Waals surface area contributed by atoms with Crippen molar-refractivity contribution in [1.82, 2.24) is 30.4 Å². The second kappa shape index (κ2) is 6.80. The summed E-state index contributed by atoms with van der Waals surface area (Å²) in [4.78, 5) is 29.6. The minimum atomic E-state index is -2.26. The van der Waals surface area contributed by atoms with Gasteiger partial charge in [-0.1, -0.05) is 0 Å². The molecule has 0 saturated heterocycles. The summed E-state index contributed by atoms with van der Waals surface area (Å²) in [6.45, 7) is 0. The first kappa shape index (κ1) is 14.9. The van der Waals surface area contributed by atoms with Crippen molar-refractivity contribution in [2.24, 2.45) is 0 Å². The highest BCUT2D eigenvalue weighted by atomic mass is 32.2. The van der Waals surface area contributed by atoms with E-state index in [1.54, 1.807) is 0 Å². The molecule has 112 valence electrons. The van der Waals surface area contributed by atoms with Gasteiger partial charge in [-0.2, -0.15) is 0 Å². The van der Waals surface area contributed by atoms with Crippen molar-refractivity contribution in [1.29, 1.82) is 0 Å². The molecule has 14 heteroatoms. The summed E-state index contributed by atoms with van der Waals surface area (Å²) in [5, 5.41) is 10.9. The van der Waals surface area contributed by atoms with E-state index in [4.69, 9.17) is 0 Å². The first-order chi connectivity index (χ1) is 10.1. The average molecular weight is 334 g/mol. The van der Waals surface area contributed by atoms with Gasteiger partial charge >= 0.3 is 11.9 Å². The zero-order valence-corrected chi connectivity index (χ0v) is 11.5. The highest BCUT2D eigenvalue weighted by Crippen LogP contribution is 2.04. The van der Waals surface area contributed by atoms with E-state index < -0.39 is 40.5 Å². The standard InChI is InChI=1S/C7H6N6O6S2/c14-4(18-20(16)6-8-2-10-12-6)1-5(15)19-21(17)7-9-3-11-13-7/h2-3H,1H2,(H,8,10,12)(H,9,11,13). The van der Waals surface area contributed by atoms with E-state index in [0.717, 1.165) is 12.7 Å². The molecule has 0 saturated carbocycles.